The average molecular weight is 304 g/mol. The summed E-state index contributed by atoms with van der Waals surface area (Å²) < 4.78 is 28.2. The van der Waals surface area contributed by atoms with Crippen LogP contribution in [0, 0.1) is 0 Å². The van der Waals surface area contributed by atoms with E-state index in [9.17, 15) is 8.78 Å². The molecule has 0 N–H and O–H groups in total. The Morgan fingerprint density at radius 3 is 2.50 bits per heavy atom. The molecule has 4 heteroatoms. The predicted octanol–water partition coefficient (Wildman–Crippen LogP) is 4.95. The van der Waals surface area contributed by atoms with Crippen LogP contribution in [0.5, 0.6) is 0 Å². The molecule has 0 bridgehead atoms. The van der Waals surface area contributed by atoms with E-state index in [2.05, 4.69) is 31.1 Å². The number of nitrogens with zero attached hydrogens (tertiary/aromatic N) is 2. The molecule has 0 aliphatic heterocycles. The van der Waals surface area contributed by atoms with Crippen LogP contribution >= 0.6 is 0 Å². The van der Waals surface area contributed by atoms with Crippen molar-refractivity contribution < 1.29 is 8.78 Å². The van der Waals surface area contributed by atoms with E-state index in [4.69, 9.17) is 0 Å². The molecule has 2 nitrogen and oxygen atoms in total. The van der Waals surface area contributed by atoms with Crippen LogP contribution in [-0.2, 0) is 13.5 Å². The average Bonchev–Trinajstić information content (AvgIpc) is 3.25. The molecule has 1 aliphatic carbocycles. The summed E-state index contributed by atoms with van der Waals surface area (Å²) in [5.74, 6) is 0.697. The molecule has 0 unspecified atom stereocenters. The molecule has 2 aromatic rings. The van der Waals surface area contributed by atoms with E-state index in [0.717, 1.165) is 24.1 Å². The Hall–Kier alpha value is -1.71. The van der Waals surface area contributed by atoms with E-state index < -0.39 is 6.43 Å². The summed E-state index contributed by atoms with van der Waals surface area (Å²) in [6.07, 6.45) is 0.195. The minimum atomic E-state index is -2.49. The molecule has 0 radical (unpaired) electrons. The minimum absolute atomic E-state index is 0.0120. The highest BCUT2D eigenvalue weighted by Crippen LogP contribution is 2.45. The van der Waals surface area contributed by atoms with Gasteiger partial charge in [-0.1, -0.05) is 38.1 Å². The number of benzene rings is 1. The fourth-order valence-electron chi connectivity index (χ4n) is 3.22. The third-order valence-electron chi connectivity index (χ3n) is 4.46. The molecule has 118 valence electrons. The minimum Gasteiger partial charge on any atom is -0.272 e. The molecular weight excluding hydrogens is 282 g/mol. The fraction of sp³-hybridized carbons (Fsp3) is 0.500. The lowest BCUT2D eigenvalue weighted by Crippen LogP contribution is -2.04. The van der Waals surface area contributed by atoms with Crippen LogP contribution in [0.25, 0.3) is 0 Å². The summed E-state index contributed by atoms with van der Waals surface area (Å²) >= 11 is 0. The van der Waals surface area contributed by atoms with Crippen molar-refractivity contribution in [1.29, 1.82) is 0 Å². The van der Waals surface area contributed by atoms with Crippen molar-refractivity contribution in [1.82, 2.24) is 9.78 Å². The van der Waals surface area contributed by atoms with E-state index in [1.165, 1.54) is 11.1 Å². The first-order chi connectivity index (χ1) is 10.5. The first kappa shape index (κ1) is 15.2. The third-order valence-corrected chi connectivity index (χ3v) is 4.46. The third kappa shape index (κ3) is 2.79. The molecule has 1 heterocycles. The summed E-state index contributed by atoms with van der Waals surface area (Å²) in [5, 5.41) is 4.11. The van der Waals surface area contributed by atoms with Gasteiger partial charge in [-0.15, -0.1) is 0 Å². The van der Waals surface area contributed by atoms with Gasteiger partial charge in [-0.05, 0) is 35.8 Å². The summed E-state index contributed by atoms with van der Waals surface area (Å²) in [5.41, 5.74) is 4.23. The maximum absolute atomic E-state index is 13.3. The van der Waals surface area contributed by atoms with Gasteiger partial charge in [0.15, 0.2) is 0 Å². The first-order valence-corrected chi connectivity index (χ1v) is 7.90. The molecule has 0 saturated heterocycles. The molecule has 3 rings (SSSR count). The van der Waals surface area contributed by atoms with E-state index in [1.807, 2.05) is 12.1 Å². The number of hydrogen-bond donors (Lipinski definition) is 0. The number of aromatic nitrogens is 2. The maximum Gasteiger partial charge on any atom is 0.282 e. The summed E-state index contributed by atoms with van der Waals surface area (Å²) in [4.78, 5) is 0. The summed E-state index contributed by atoms with van der Waals surface area (Å²) in [6, 6.07) is 8.28. The van der Waals surface area contributed by atoms with Crippen molar-refractivity contribution in [3.8, 4) is 0 Å². The lowest BCUT2D eigenvalue weighted by molar-refractivity contribution is 0.144. The quantitative estimate of drug-likeness (QED) is 0.764. The monoisotopic (exact) mass is 304 g/mol. The second-order valence-corrected chi connectivity index (χ2v) is 6.47. The second-order valence-electron chi connectivity index (χ2n) is 6.47. The van der Waals surface area contributed by atoms with Crippen molar-refractivity contribution in [3.05, 3.63) is 52.3 Å². The van der Waals surface area contributed by atoms with Crippen LogP contribution < -0.4 is 0 Å². The standard InChI is InChI=1S/C18H22F2N2/c1-11(2)14-7-5-4-6-13(14)10-15-16(12-8-9-12)17(18(19)20)21-22(15)3/h4-7,11-12,18H,8-10H2,1-3H3. The Labute approximate surface area is 130 Å². The van der Waals surface area contributed by atoms with Crippen LogP contribution in [0.15, 0.2) is 24.3 Å². The fourth-order valence-corrected chi connectivity index (χ4v) is 3.22. The number of hydrogen-bond acceptors (Lipinski definition) is 1. The van der Waals surface area contributed by atoms with Crippen LogP contribution in [0.1, 0.15) is 73.0 Å². The number of rotatable bonds is 5. The Morgan fingerprint density at radius 2 is 1.91 bits per heavy atom. The molecule has 1 aromatic heterocycles. The van der Waals surface area contributed by atoms with Gasteiger partial charge in [0.1, 0.15) is 5.69 Å². The van der Waals surface area contributed by atoms with Crippen LogP contribution in [0.4, 0.5) is 8.78 Å². The molecule has 0 atom stereocenters. The second kappa shape index (κ2) is 5.82. The van der Waals surface area contributed by atoms with Gasteiger partial charge in [-0.2, -0.15) is 5.10 Å². The molecule has 0 spiro atoms. The summed E-state index contributed by atoms with van der Waals surface area (Å²) in [7, 11) is 1.78. The van der Waals surface area contributed by atoms with Crippen molar-refractivity contribution >= 4 is 0 Å². The molecule has 1 saturated carbocycles. The van der Waals surface area contributed by atoms with Crippen molar-refractivity contribution in [2.75, 3.05) is 0 Å². The van der Waals surface area contributed by atoms with Crippen LogP contribution in [0.3, 0.4) is 0 Å². The predicted molar refractivity (Wildman–Crippen MR) is 83.5 cm³/mol. The Kier molecular flexibility index (Phi) is 4.02. The van der Waals surface area contributed by atoms with Gasteiger partial charge < -0.3 is 0 Å². The van der Waals surface area contributed by atoms with Gasteiger partial charge in [-0.3, -0.25) is 4.68 Å². The lowest BCUT2D eigenvalue weighted by atomic mass is 9.93. The van der Waals surface area contributed by atoms with E-state index in [1.54, 1.807) is 11.7 Å². The molecule has 0 amide bonds. The molecule has 1 fully saturated rings. The van der Waals surface area contributed by atoms with Crippen molar-refractivity contribution in [2.45, 2.75) is 51.4 Å². The van der Waals surface area contributed by atoms with E-state index in [-0.39, 0.29) is 11.6 Å². The molecule has 1 aliphatic rings. The van der Waals surface area contributed by atoms with E-state index in [0.29, 0.717) is 12.3 Å². The first-order valence-electron chi connectivity index (χ1n) is 7.90. The normalized spacial score (nSPS) is 15.0. The van der Waals surface area contributed by atoms with Gasteiger partial charge in [0.25, 0.3) is 6.43 Å². The van der Waals surface area contributed by atoms with Gasteiger partial charge in [-0.25, -0.2) is 8.78 Å². The summed E-state index contributed by atoms with van der Waals surface area (Å²) in [6.45, 7) is 4.32. The van der Waals surface area contributed by atoms with Gasteiger partial charge in [0.05, 0.1) is 0 Å². The zero-order valence-corrected chi connectivity index (χ0v) is 13.3. The largest absolute Gasteiger partial charge is 0.282 e. The zero-order chi connectivity index (χ0) is 15.9. The van der Waals surface area contributed by atoms with Crippen molar-refractivity contribution in [2.24, 2.45) is 7.05 Å². The number of aryl methyl sites for hydroxylation is 1. The van der Waals surface area contributed by atoms with Crippen molar-refractivity contribution in [3.63, 3.8) is 0 Å². The molecular formula is C18H22F2N2. The Balaban J connectivity index is 2.03. The Morgan fingerprint density at radius 1 is 1.23 bits per heavy atom. The topological polar surface area (TPSA) is 17.8 Å². The zero-order valence-electron chi connectivity index (χ0n) is 13.3. The maximum atomic E-state index is 13.3. The lowest BCUT2D eigenvalue weighted by Gasteiger charge is -2.14. The highest BCUT2D eigenvalue weighted by molar-refractivity contribution is 5.40. The number of alkyl halides is 2. The van der Waals surface area contributed by atoms with E-state index >= 15 is 0 Å². The Bertz CT molecular complexity index is 670. The highest BCUT2D eigenvalue weighted by Gasteiger charge is 2.34. The van der Waals surface area contributed by atoms with Gasteiger partial charge in [0.2, 0.25) is 0 Å². The number of halogens is 2. The highest BCUT2D eigenvalue weighted by atomic mass is 19.3. The SMILES string of the molecule is CC(C)c1ccccc1Cc1c(C2CC2)c(C(F)F)nn1C. The molecule has 1 aromatic carbocycles. The van der Waals surface area contributed by atoms with Gasteiger partial charge >= 0.3 is 0 Å². The molecule has 22 heavy (non-hydrogen) atoms. The van der Waals surface area contributed by atoms with Crippen LogP contribution in [0.2, 0.25) is 0 Å². The van der Waals surface area contributed by atoms with Gasteiger partial charge in [0, 0.05) is 24.7 Å². The van der Waals surface area contributed by atoms with Crippen LogP contribution in [-0.4, -0.2) is 9.78 Å². The smallest absolute Gasteiger partial charge is 0.272 e.